The highest BCUT2D eigenvalue weighted by Crippen LogP contribution is 2.41. The van der Waals surface area contributed by atoms with Crippen LogP contribution in [-0.4, -0.2) is 53.6 Å². The molecule has 0 radical (unpaired) electrons. The number of hydrogen-bond donors (Lipinski definition) is 1. The molecule has 0 spiro atoms. The number of rotatable bonds is 6. The van der Waals surface area contributed by atoms with E-state index in [0.29, 0.717) is 47.1 Å². The van der Waals surface area contributed by atoms with Crippen LogP contribution in [0.25, 0.3) is 0 Å². The van der Waals surface area contributed by atoms with Gasteiger partial charge in [0, 0.05) is 10.9 Å². The van der Waals surface area contributed by atoms with Gasteiger partial charge in [0.2, 0.25) is 0 Å². The third-order valence-electron chi connectivity index (χ3n) is 5.61. The number of alkyl halides is 1. The molecule has 0 bridgehead atoms. The molecule has 0 amide bonds. The summed E-state index contributed by atoms with van der Waals surface area (Å²) in [7, 11) is 0.0454. The highest BCUT2D eigenvalue weighted by Gasteiger charge is 2.46. The first-order valence-corrected chi connectivity index (χ1v) is 10.4. The number of halogens is 1. The lowest BCUT2D eigenvalue weighted by molar-refractivity contribution is 0.0676. The molecule has 1 aliphatic heterocycles. The van der Waals surface area contributed by atoms with Gasteiger partial charge < -0.3 is 15.4 Å². The van der Waals surface area contributed by atoms with Gasteiger partial charge in [0.05, 0.1) is 22.8 Å². The normalized spacial score (nSPS) is 31.5. The first kappa shape index (κ1) is 20.5. The largest absolute Gasteiger partial charge is 0.497 e. The quantitative estimate of drug-likeness (QED) is 0.737. The number of aliphatic imine (C=N–C) groups is 2. The Morgan fingerprint density at radius 3 is 2.36 bits per heavy atom. The van der Waals surface area contributed by atoms with Crippen LogP contribution < -0.4 is 10.5 Å². The Labute approximate surface area is 167 Å². The molecule has 1 heterocycles. The van der Waals surface area contributed by atoms with Gasteiger partial charge in [-0.05, 0) is 70.3 Å². The Bertz CT molecular complexity index is 799. The molecule has 0 aromatic heterocycles. The molecule has 1 saturated carbocycles. The summed E-state index contributed by atoms with van der Waals surface area (Å²) in [4.78, 5) is 11.4. The van der Waals surface area contributed by atoms with Crippen LogP contribution >= 0.6 is 0 Å². The van der Waals surface area contributed by atoms with Crippen molar-refractivity contribution in [1.82, 2.24) is 4.90 Å². The molecule has 28 heavy (non-hydrogen) atoms. The van der Waals surface area contributed by atoms with Gasteiger partial charge in [-0.3, -0.25) is 9.98 Å². The fourth-order valence-corrected chi connectivity index (χ4v) is 5.35. The van der Waals surface area contributed by atoms with Crippen LogP contribution in [0.4, 0.5) is 4.39 Å². The smallest absolute Gasteiger partial charge is 0.149 e. The molecule has 2 aliphatic rings. The van der Waals surface area contributed by atoms with Crippen molar-refractivity contribution in [3.05, 3.63) is 35.0 Å². The number of nitrogens with zero attached hydrogens (tertiary/aromatic N) is 3. The molecule has 8 heteroatoms. The molecule has 6 nitrogen and oxygen atoms in total. The number of ether oxygens (including phenoxy) is 1. The molecule has 3 atom stereocenters. The van der Waals surface area contributed by atoms with E-state index in [0.717, 1.165) is 0 Å². The van der Waals surface area contributed by atoms with Crippen LogP contribution in [0.5, 0.6) is 5.75 Å². The van der Waals surface area contributed by atoms with Crippen LogP contribution in [0.1, 0.15) is 32.6 Å². The van der Waals surface area contributed by atoms with Crippen molar-refractivity contribution < 1.29 is 13.3 Å². The summed E-state index contributed by atoms with van der Waals surface area (Å²) >= 11 is 0. The Morgan fingerprint density at radius 1 is 1.25 bits per heavy atom. The summed E-state index contributed by atoms with van der Waals surface area (Å²) in [5, 5.41) is 0. The highest BCUT2D eigenvalue weighted by molar-refractivity contribution is 7.89. The minimum Gasteiger partial charge on any atom is -0.497 e. The van der Waals surface area contributed by atoms with Crippen LogP contribution in [0.3, 0.4) is 0 Å². The van der Waals surface area contributed by atoms with Crippen LogP contribution in [0.15, 0.2) is 49.9 Å². The Hall–Kier alpha value is -2.22. The third-order valence-corrected chi connectivity index (χ3v) is 7.17. The second-order valence-electron chi connectivity index (χ2n) is 7.47. The zero-order valence-electron chi connectivity index (χ0n) is 16.3. The predicted octanol–water partition coefficient (Wildman–Crippen LogP) is 3.01. The van der Waals surface area contributed by atoms with E-state index in [1.165, 1.54) is 0 Å². The second-order valence-corrected chi connectivity index (χ2v) is 8.92. The maximum Gasteiger partial charge on any atom is 0.149 e. The Balaban J connectivity index is 1.95. The molecule has 1 aromatic rings. The van der Waals surface area contributed by atoms with E-state index < -0.39 is 28.7 Å². The molecule has 0 saturated heterocycles. The van der Waals surface area contributed by atoms with Crippen LogP contribution in [-0.2, 0) is 10.8 Å². The summed E-state index contributed by atoms with van der Waals surface area (Å²) in [6.07, 6.45) is 1.71. The molecule has 1 fully saturated rings. The third kappa shape index (κ3) is 3.70. The maximum atomic E-state index is 14.3. The minimum absolute atomic E-state index is 0.00828. The average molecular weight is 407 g/mol. The summed E-state index contributed by atoms with van der Waals surface area (Å²) < 4.78 is 32.7. The van der Waals surface area contributed by atoms with Gasteiger partial charge >= 0.3 is 0 Å². The van der Waals surface area contributed by atoms with E-state index in [2.05, 4.69) is 23.4 Å². The first-order valence-electron chi connectivity index (χ1n) is 9.27. The van der Waals surface area contributed by atoms with Crippen molar-refractivity contribution in [2.75, 3.05) is 7.11 Å². The molecular weight excluding hydrogens is 379 g/mol. The monoisotopic (exact) mass is 406 g/mol. The van der Waals surface area contributed by atoms with Gasteiger partial charge in [0.25, 0.3) is 0 Å². The number of benzene rings is 1. The summed E-state index contributed by atoms with van der Waals surface area (Å²) in [5.41, 5.74) is 5.31. The van der Waals surface area contributed by atoms with E-state index >= 15 is 0 Å². The zero-order valence-corrected chi connectivity index (χ0v) is 17.1. The van der Waals surface area contributed by atoms with E-state index in [4.69, 9.17) is 10.5 Å². The maximum absolute atomic E-state index is 14.3. The van der Waals surface area contributed by atoms with Crippen molar-refractivity contribution in [3.8, 4) is 5.75 Å². The van der Waals surface area contributed by atoms with Gasteiger partial charge in [-0.1, -0.05) is 0 Å². The van der Waals surface area contributed by atoms with Crippen molar-refractivity contribution in [2.45, 2.75) is 61.4 Å². The van der Waals surface area contributed by atoms with E-state index in [1.807, 2.05) is 4.90 Å². The van der Waals surface area contributed by atoms with E-state index in [1.54, 1.807) is 38.3 Å². The Kier molecular flexibility index (Phi) is 5.88. The predicted molar refractivity (Wildman–Crippen MR) is 111 cm³/mol. The number of hydrogen-bond acceptors (Lipinski definition) is 6. The van der Waals surface area contributed by atoms with Gasteiger partial charge in [-0.2, -0.15) is 0 Å². The van der Waals surface area contributed by atoms with Crippen molar-refractivity contribution in [1.29, 1.82) is 0 Å². The van der Waals surface area contributed by atoms with Crippen molar-refractivity contribution in [3.63, 3.8) is 0 Å². The fraction of sp³-hybridized carbons (Fsp3) is 0.500. The topological polar surface area (TPSA) is 80.3 Å². The Morgan fingerprint density at radius 2 is 1.86 bits per heavy atom. The lowest BCUT2D eigenvalue weighted by Crippen LogP contribution is -2.46. The molecule has 1 aromatic carbocycles. The fourth-order valence-electron chi connectivity index (χ4n) is 4.00. The number of nitrogens with two attached hydrogens (primary N) is 1. The number of methoxy groups -OCH3 is 1. The van der Waals surface area contributed by atoms with Crippen molar-refractivity contribution >= 4 is 24.2 Å². The lowest BCUT2D eigenvalue weighted by Gasteiger charge is -2.40. The summed E-state index contributed by atoms with van der Waals surface area (Å²) in [6, 6.07) is 6.43. The zero-order chi connectivity index (χ0) is 20.5. The first-order chi connectivity index (χ1) is 13.3. The van der Waals surface area contributed by atoms with E-state index in [9.17, 15) is 8.60 Å². The van der Waals surface area contributed by atoms with Gasteiger partial charge in [0.1, 0.15) is 29.4 Å². The van der Waals surface area contributed by atoms with E-state index in [-0.39, 0.29) is 6.04 Å². The highest BCUT2D eigenvalue weighted by atomic mass is 32.2. The summed E-state index contributed by atoms with van der Waals surface area (Å²) in [6.45, 7) is 8.98. The average Bonchev–Trinajstić information content (AvgIpc) is 2.99. The second kappa shape index (κ2) is 8.03. The minimum atomic E-state index is -1.53. The molecule has 3 rings (SSSR count). The van der Waals surface area contributed by atoms with Crippen molar-refractivity contribution in [2.24, 2.45) is 15.7 Å². The van der Waals surface area contributed by atoms with Gasteiger partial charge in [-0.15, -0.1) is 0 Å². The molecular formula is C20H27FN4O2S. The molecule has 152 valence electrons. The molecule has 1 aliphatic carbocycles. The molecule has 3 unspecified atom stereocenters. The lowest BCUT2D eigenvalue weighted by atomic mass is 9.84. The molecule has 2 N–H and O–H groups in total. The standard InChI is InChI=1S/C20H27FN4O2S/c1-20(21)11-9-13(10-12-20)25-18(22)17(16(23-2)19(25)24-3)28(26)15-7-5-14(27-4)6-8-15/h5-8,13,16,19H,2-3,9-12,22H2,1,4H3. The van der Waals surface area contributed by atoms with Crippen LogP contribution in [0, 0.1) is 0 Å². The SMILES string of the molecule is C=NC1C(S(=O)c2ccc(OC)cc2)=C(N)N(C2CCC(C)(F)CC2)C1N=C. The van der Waals surface area contributed by atoms with Crippen LogP contribution in [0.2, 0.25) is 0 Å². The summed E-state index contributed by atoms with van der Waals surface area (Å²) in [5.74, 6) is 1.06. The van der Waals surface area contributed by atoms with Gasteiger partial charge in [-0.25, -0.2) is 8.60 Å². The van der Waals surface area contributed by atoms with Gasteiger partial charge in [0.15, 0.2) is 0 Å².